The molecule has 0 aliphatic rings. The van der Waals surface area contributed by atoms with Crippen LogP contribution in [0, 0.1) is 0 Å². The molecule has 0 fully saturated rings. The Hall–Kier alpha value is -1.14. The van der Waals surface area contributed by atoms with Crippen LogP contribution in [0.1, 0.15) is 32.9 Å². The van der Waals surface area contributed by atoms with Crippen LogP contribution in [0.25, 0.3) is 0 Å². The van der Waals surface area contributed by atoms with Gasteiger partial charge in [0.15, 0.2) is 5.13 Å². The van der Waals surface area contributed by atoms with Gasteiger partial charge in [-0.2, -0.15) is 0 Å². The van der Waals surface area contributed by atoms with Gasteiger partial charge >= 0.3 is 5.97 Å². The number of nitrogens with zero attached hydrogens (tertiary/aromatic N) is 2. The first-order valence-corrected chi connectivity index (χ1v) is 7.77. The van der Waals surface area contributed by atoms with E-state index in [9.17, 15) is 4.79 Å². The predicted octanol–water partition coefficient (Wildman–Crippen LogP) is 2.35. The zero-order valence-electron chi connectivity index (χ0n) is 13.0. The van der Waals surface area contributed by atoms with Crippen LogP contribution in [0.2, 0.25) is 0 Å². The lowest BCUT2D eigenvalue weighted by Gasteiger charge is -2.19. The molecular weight excluding hydrogens is 274 g/mol. The molecule has 0 bridgehead atoms. The fourth-order valence-corrected chi connectivity index (χ4v) is 2.56. The minimum absolute atomic E-state index is 0.232. The van der Waals surface area contributed by atoms with Gasteiger partial charge in [-0.25, -0.2) is 4.98 Å². The summed E-state index contributed by atoms with van der Waals surface area (Å²) in [7, 11) is 4.12. The summed E-state index contributed by atoms with van der Waals surface area (Å²) < 4.78 is 5.09. The van der Waals surface area contributed by atoms with Crippen molar-refractivity contribution in [2.24, 2.45) is 0 Å². The van der Waals surface area contributed by atoms with Gasteiger partial charge in [-0.15, -0.1) is 11.3 Å². The Kier molecular flexibility index (Phi) is 6.42. The van der Waals surface area contributed by atoms with E-state index in [4.69, 9.17) is 4.74 Å². The Morgan fingerprint density at radius 1 is 1.50 bits per heavy atom. The highest BCUT2D eigenvalue weighted by Gasteiger charge is 2.33. The number of carbonyl (C=O) groups is 1. The third-order valence-corrected chi connectivity index (χ3v) is 3.79. The molecule has 114 valence electrons. The first-order chi connectivity index (χ1) is 9.37. The molecule has 1 aromatic rings. The molecule has 20 heavy (non-hydrogen) atoms. The Morgan fingerprint density at radius 3 is 2.80 bits per heavy atom. The molecule has 0 spiro atoms. The molecule has 1 N–H and O–H groups in total. The molecular formula is C14H25N3O2S. The number of ether oxygens (including phenoxy) is 1. The summed E-state index contributed by atoms with van der Waals surface area (Å²) in [5.41, 5.74) is 0.0619. The third kappa shape index (κ3) is 4.76. The van der Waals surface area contributed by atoms with E-state index in [0.717, 1.165) is 30.3 Å². The van der Waals surface area contributed by atoms with Gasteiger partial charge in [0.05, 0.1) is 12.3 Å². The number of nitrogens with one attached hydrogen (secondary N) is 1. The first-order valence-electron chi connectivity index (χ1n) is 6.89. The number of aromatic nitrogens is 1. The van der Waals surface area contributed by atoms with E-state index >= 15 is 0 Å². The number of thiazole rings is 1. The molecule has 0 saturated carbocycles. The van der Waals surface area contributed by atoms with Crippen molar-refractivity contribution in [1.82, 2.24) is 9.88 Å². The Bertz CT molecular complexity index is 430. The first kappa shape index (κ1) is 16.9. The van der Waals surface area contributed by atoms with Crippen LogP contribution in [0.5, 0.6) is 0 Å². The van der Waals surface area contributed by atoms with Crippen molar-refractivity contribution in [2.75, 3.05) is 39.1 Å². The van der Waals surface area contributed by atoms with Crippen LogP contribution < -0.4 is 5.32 Å². The van der Waals surface area contributed by atoms with Crippen molar-refractivity contribution >= 4 is 22.4 Å². The summed E-state index contributed by atoms with van der Waals surface area (Å²) in [6.07, 6.45) is 1.06. The minimum Gasteiger partial charge on any atom is -0.465 e. The van der Waals surface area contributed by atoms with E-state index in [2.05, 4.69) is 29.3 Å². The van der Waals surface area contributed by atoms with Crippen molar-refractivity contribution in [3.8, 4) is 0 Å². The van der Waals surface area contributed by atoms with Crippen LogP contribution in [0.15, 0.2) is 5.38 Å². The summed E-state index contributed by atoms with van der Waals surface area (Å²) in [4.78, 5) is 18.6. The molecule has 0 aliphatic carbocycles. The topological polar surface area (TPSA) is 54.5 Å². The molecule has 0 saturated heterocycles. The van der Waals surface area contributed by atoms with E-state index in [-0.39, 0.29) is 5.97 Å². The van der Waals surface area contributed by atoms with Gasteiger partial charge in [0.1, 0.15) is 5.41 Å². The van der Waals surface area contributed by atoms with Crippen LogP contribution in [0.3, 0.4) is 0 Å². The molecule has 0 aliphatic heterocycles. The van der Waals surface area contributed by atoms with Crippen molar-refractivity contribution < 1.29 is 9.53 Å². The van der Waals surface area contributed by atoms with E-state index in [1.165, 1.54) is 11.3 Å². The molecule has 1 heterocycles. The number of rotatable bonds is 8. The lowest BCUT2D eigenvalue weighted by Crippen LogP contribution is -2.31. The van der Waals surface area contributed by atoms with Gasteiger partial charge in [-0.1, -0.05) is 0 Å². The summed E-state index contributed by atoms with van der Waals surface area (Å²) in [5.74, 6) is -0.232. The van der Waals surface area contributed by atoms with Gasteiger partial charge in [-0.05, 0) is 47.8 Å². The second-order valence-corrected chi connectivity index (χ2v) is 6.33. The van der Waals surface area contributed by atoms with Crippen molar-refractivity contribution in [3.05, 3.63) is 11.1 Å². The Labute approximate surface area is 125 Å². The lowest BCUT2D eigenvalue weighted by atomic mass is 9.90. The monoisotopic (exact) mass is 299 g/mol. The van der Waals surface area contributed by atoms with Crippen molar-refractivity contribution in [1.29, 1.82) is 0 Å². The largest absolute Gasteiger partial charge is 0.465 e. The molecule has 0 amide bonds. The highest BCUT2D eigenvalue weighted by Crippen LogP contribution is 2.28. The standard InChI is InChI=1S/C14H25N3O2S/c1-6-19-12(18)14(2,3)11-10-20-13(16-11)15-8-7-9-17(4)5/h10H,6-9H2,1-5H3,(H,15,16). The van der Waals surface area contributed by atoms with Crippen molar-refractivity contribution in [3.63, 3.8) is 0 Å². The Balaban J connectivity index is 2.56. The highest BCUT2D eigenvalue weighted by atomic mass is 32.1. The van der Waals surface area contributed by atoms with Gasteiger partial charge < -0.3 is 15.0 Å². The zero-order valence-corrected chi connectivity index (χ0v) is 13.8. The van der Waals surface area contributed by atoms with Gasteiger partial charge in [0.2, 0.25) is 0 Å². The number of esters is 1. The third-order valence-electron chi connectivity index (χ3n) is 2.99. The summed E-state index contributed by atoms with van der Waals surface area (Å²) in [6.45, 7) is 7.81. The van der Waals surface area contributed by atoms with Crippen LogP contribution >= 0.6 is 11.3 Å². The maximum absolute atomic E-state index is 11.9. The summed E-state index contributed by atoms with van der Waals surface area (Å²) in [6, 6.07) is 0. The van der Waals surface area contributed by atoms with Gasteiger partial charge in [0, 0.05) is 11.9 Å². The normalized spacial score (nSPS) is 11.7. The van der Waals surface area contributed by atoms with Crippen LogP contribution in [0.4, 0.5) is 5.13 Å². The summed E-state index contributed by atoms with van der Waals surface area (Å²) in [5, 5.41) is 6.07. The molecule has 1 rings (SSSR count). The molecule has 0 aromatic carbocycles. The maximum atomic E-state index is 11.9. The van der Waals surface area contributed by atoms with E-state index in [1.54, 1.807) is 0 Å². The molecule has 0 atom stereocenters. The molecule has 6 heteroatoms. The van der Waals surface area contributed by atoms with Gasteiger partial charge in [0.25, 0.3) is 0 Å². The maximum Gasteiger partial charge on any atom is 0.317 e. The summed E-state index contributed by atoms with van der Waals surface area (Å²) >= 11 is 1.53. The number of hydrogen-bond acceptors (Lipinski definition) is 6. The van der Waals surface area contributed by atoms with Crippen molar-refractivity contribution in [2.45, 2.75) is 32.6 Å². The number of carbonyl (C=O) groups excluding carboxylic acids is 1. The van der Waals surface area contributed by atoms with Gasteiger partial charge in [-0.3, -0.25) is 4.79 Å². The second-order valence-electron chi connectivity index (χ2n) is 5.47. The van der Waals surface area contributed by atoms with Crippen LogP contribution in [-0.2, 0) is 14.9 Å². The molecule has 0 radical (unpaired) electrons. The fourth-order valence-electron chi connectivity index (χ4n) is 1.65. The van der Waals surface area contributed by atoms with E-state index in [0.29, 0.717) is 6.61 Å². The molecule has 5 nitrogen and oxygen atoms in total. The Morgan fingerprint density at radius 2 is 2.20 bits per heavy atom. The predicted molar refractivity (Wildman–Crippen MR) is 83.4 cm³/mol. The smallest absolute Gasteiger partial charge is 0.317 e. The van der Waals surface area contributed by atoms with Crippen LogP contribution in [-0.4, -0.2) is 49.6 Å². The average molecular weight is 299 g/mol. The molecule has 1 aromatic heterocycles. The quantitative estimate of drug-likeness (QED) is 0.590. The lowest BCUT2D eigenvalue weighted by molar-refractivity contribution is -0.148. The fraction of sp³-hybridized carbons (Fsp3) is 0.714. The SMILES string of the molecule is CCOC(=O)C(C)(C)c1csc(NCCCN(C)C)n1. The van der Waals surface area contributed by atoms with E-state index < -0.39 is 5.41 Å². The highest BCUT2D eigenvalue weighted by molar-refractivity contribution is 7.13. The number of anilines is 1. The minimum atomic E-state index is -0.698. The second kappa shape index (κ2) is 7.59. The number of hydrogen-bond donors (Lipinski definition) is 1. The average Bonchev–Trinajstić information content (AvgIpc) is 2.84. The van der Waals surface area contributed by atoms with E-state index in [1.807, 2.05) is 26.2 Å². The molecule has 0 unspecified atom stereocenters. The zero-order chi connectivity index (χ0) is 15.2.